The number of nitrogens with zero attached hydrogens (tertiary/aromatic N) is 1. The van der Waals surface area contributed by atoms with E-state index < -0.39 is 0 Å². The van der Waals surface area contributed by atoms with Crippen LogP contribution in [-0.4, -0.2) is 12.3 Å². The summed E-state index contributed by atoms with van der Waals surface area (Å²) in [5.74, 6) is 0. The highest BCUT2D eigenvalue weighted by Gasteiger charge is 2.04. The minimum Gasteiger partial charge on any atom is -0.280 e. The molecule has 0 atom stereocenters. The normalized spacial score (nSPS) is 15.5. The molecule has 0 aliphatic carbocycles. The van der Waals surface area contributed by atoms with Crippen molar-refractivity contribution < 1.29 is 0 Å². The minimum atomic E-state index is 0.838. The van der Waals surface area contributed by atoms with Gasteiger partial charge in [-0.2, -0.15) is 0 Å². The summed E-state index contributed by atoms with van der Waals surface area (Å²) in [6, 6.07) is 4.14. The Bertz CT molecular complexity index is 325. The lowest BCUT2D eigenvalue weighted by Gasteiger charge is -1.88. The van der Waals surface area contributed by atoms with E-state index in [1.54, 1.807) is 11.3 Å². The lowest BCUT2D eigenvalue weighted by molar-refractivity contribution is 1.28. The molecule has 0 saturated carbocycles. The summed E-state index contributed by atoms with van der Waals surface area (Å²) in [5.41, 5.74) is 1.11. The molecule has 1 aromatic rings. The molecule has 1 nitrogen and oxygen atoms in total. The van der Waals surface area contributed by atoms with Crippen LogP contribution in [0.4, 0.5) is 0 Å². The van der Waals surface area contributed by atoms with E-state index in [4.69, 9.17) is 0 Å². The van der Waals surface area contributed by atoms with E-state index in [0.29, 0.717) is 0 Å². The van der Waals surface area contributed by atoms with Crippen LogP contribution in [0.5, 0.6) is 0 Å². The van der Waals surface area contributed by atoms with Crippen LogP contribution in [0.15, 0.2) is 33.1 Å². The molecule has 56 valence electrons. The molecule has 11 heavy (non-hydrogen) atoms. The predicted molar refractivity (Wildman–Crippen MR) is 52.6 cm³/mol. The number of allylic oxidation sites excluding steroid dienone is 1. The smallest absolute Gasteiger partial charge is 0.0748 e. The van der Waals surface area contributed by atoms with E-state index in [-0.39, 0.29) is 0 Å². The maximum absolute atomic E-state index is 4.31. The lowest BCUT2D eigenvalue weighted by atomic mass is 10.3. The highest BCUT2D eigenvalue weighted by atomic mass is 79.9. The van der Waals surface area contributed by atoms with Crippen LogP contribution in [0.3, 0.4) is 0 Å². The maximum Gasteiger partial charge on any atom is 0.0748 e. The monoisotopic (exact) mass is 227 g/mol. The van der Waals surface area contributed by atoms with Gasteiger partial charge in [0.25, 0.3) is 0 Å². The molecular formula is C8H6BrNS. The van der Waals surface area contributed by atoms with Crippen LogP contribution in [0, 0.1) is 0 Å². The highest BCUT2D eigenvalue weighted by molar-refractivity contribution is 9.11. The zero-order valence-electron chi connectivity index (χ0n) is 5.75. The average molecular weight is 228 g/mol. The molecule has 2 heterocycles. The van der Waals surface area contributed by atoms with Gasteiger partial charge in [-0.25, -0.2) is 0 Å². The molecule has 0 N–H and O–H groups in total. The Morgan fingerprint density at radius 1 is 1.45 bits per heavy atom. The third-order valence-electron chi connectivity index (χ3n) is 1.47. The third kappa shape index (κ3) is 1.44. The van der Waals surface area contributed by atoms with Crippen molar-refractivity contribution in [1.29, 1.82) is 0 Å². The fraction of sp³-hybridized carbons (Fsp3) is 0.125. The third-order valence-corrected chi connectivity index (χ3v) is 3.11. The average Bonchev–Trinajstić information content (AvgIpc) is 2.55. The topological polar surface area (TPSA) is 12.4 Å². The molecule has 0 amide bonds. The van der Waals surface area contributed by atoms with E-state index >= 15 is 0 Å². The fourth-order valence-electron chi connectivity index (χ4n) is 0.980. The van der Waals surface area contributed by atoms with Gasteiger partial charge in [0.1, 0.15) is 0 Å². The number of hydrogen-bond acceptors (Lipinski definition) is 2. The SMILES string of the molecule is Brc1ccc(C2=NCC=C2)s1. The van der Waals surface area contributed by atoms with Crippen molar-refractivity contribution in [3.63, 3.8) is 0 Å². The van der Waals surface area contributed by atoms with Crippen LogP contribution in [0.1, 0.15) is 4.88 Å². The first-order valence-electron chi connectivity index (χ1n) is 3.33. The molecule has 0 fully saturated rings. The predicted octanol–water partition coefficient (Wildman–Crippen LogP) is 2.87. The zero-order valence-corrected chi connectivity index (χ0v) is 8.15. The largest absolute Gasteiger partial charge is 0.280 e. The lowest BCUT2D eigenvalue weighted by Crippen LogP contribution is -1.87. The second-order valence-electron chi connectivity index (χ2n) is 2.23. The van der Waals surface area contributed by atoms with E-state index in [1.807, 2.05) is 0 Å². The molecule has 0 unspecified atom stereocenters. The van der Waals surface area contributed by atoms with Gasteiger partial charge >= 0.3 is 0 Å². The van der Waals surface area contributed by atoms with Crippen LogP contribution < -0.4 is 0 Å². The molecular weight excluding hydrogens is 222 g/mol. The van der Waals surface area contributed by atoms with Crippen molar-refractivity contribution in [2.24, 2.45) is 4.99 Å². The van der Waals surface area contributed by atoms with Gasteiger partial charge in [-0.15, -0.1) is 11.3 Å². The Morgan fingerprint density at radius 2 is 2.36 bits per heavy atom. The first-order chi connectivity index (χ1) is 5.36. The van der Waals surface area contributed by atoms with Gasteiger partial charge in [-0.05, 0) is 34.1 Å². The Morgan fingerprint density at radius 3 is 2.91 bits per heavy atom. The van der Waals surface area contributed by atoms with Gasteiger partial charge in [0, 0.05) is 0 Å². The van der Waals surface area contributed by atoms with E-state index in [9.17, 15) is 0 Å². The van der Waals surface area contributed by atoms with Crippen molar-refractivity contribution >= 4 is 33.0 Å². The van der Waals surface area contributed by atoms with Gasteiger partial charge in [0.05, 0.1) is 20.9 Å². The molecule has 0 aromatic carbocycles. The van der Waals surface area contributed by atoms with E-state index in [1.165, 1.54) is 4.88 Å². The van der Waals surface area contributed by atoms with Gasteiger partial charge in [0.15, 0.2) is 0 Å². The summed E-state index contributed by atoms with van der Waals surface area (Å²) in [6.07, 6.45) is 4.14. The highest BCUT2D eigenvalue weighted by Crippen LogP contribution is 2.23. The summed E-state index contributed by atoms with van der Waals surface area (Å²) in [7, 11) is 0. The molecule has 2 rings (SSSR count). The number of rotatable bonds is 1. The Kier molecular flexibility index (Phi) is 1.92. The van der Waals surface area contributed by atoms with Crippen molar-refractivity contribution in [1.82, 2.24) is 0 Å². The summed E-state index contributed by atoms with van der Waals surface area (Å²) in [4.78, 5) is 5.56. The fourth-order valence-corrected chi connectivity index (χ4v) is 2.35. The standard InChI is InChI=1S/C8H6BrNS/c9-8-4-3-7(11-8)6-2-1-5-10-6/h1-4H,5H2. The van der Waals surface area contributed by atoms with Gasteiger partial charge < -0.3 is 0 Å². The van der Waals surface area contributed by atoms with Gasteiger partial charge in [-0.3, -0.25) is 4.99 Å². The second kappa shape index (κ2) is 2.91. The molecule has 1 aliphatic rings. The van der Waals surface area contributed by atoms with E-state index in [2.05, 4.69) is 45.2 Å². The summed E-state index contributed by atoms with van der Waals surface area (Å²) in [6.45, 7) is 0.838. The number of aliphatic imine (C=N–C) groups is 1. The van der Waals surface area contributed by atoms with Crippen LogP contribution >= 0.6 is 27.3 Å². The van der Waals surface area contributed by atoms with Crippen LogP contribution in [0.25, 0.3) is 0 Å². The Hall–Kier alpha value is -0.410. The first-order valence-corrected chi connectivity index (χ1v) is 4.94. The molecule has 1 aliphatic heterocycles. The quantitative estimate of drug-likeness (QED) is 0.700. The summed E-state index contributed by atoms with van der Waals surface area (Å²) < 4.78 is 1.16. The molecule has 0 spiro atoms. The summed E-state index contributed by atoms with van der Waals surface area (Å²) >= 11 is 5.14. The minimum absolute atomic E-state index is 0.838. The zero-order chi connectivity index (χ0) is 7.68. The Balaban J connectivity index is 2.36. The summed E-state index contributed by atoms with van der Waals surface area (Å²) in [5, 5.41) is 0. The molecule has 0 bridgehead atoms. The van der Waals surface area contributed by atoms with Gasteiger partial charge in [0.2, 0.25) is 0 Å². The van der Waals surface area contributed by atoms with Crippen LogP contribution in [-0.2, 0) is 0 Å². The van der Waals surface area contributed by atoms with E-state index in [0.717, 1.165) is 16.0 Å². The van der Waals surface area contributed by atoms with Crippen molar-refractivity contribution in [3.8, 4) is 0 Å². The number of halogens is 1. The second-order valence-corrected chi connectivity index (χ2v) is 4.70. The maximum atomic E-state index is 4.31. The number of hydrogen-bond donors (Lipinski definition) is 0. The number of thiophene rings is 1. The van der Waals surface area contributed by atoms with Crippen molar-refractivity contribution in [3.05, 3.63) is 32.9 Å². The molecule has 3 heteroatoms. The molecule has 0 saturated heterocycles. The van der Waals surface area contributed by atoms with Gasteiger partial charge in [-0.1, -0.05) is 6.08 Å². The molecule has 1 aromatic heterocycles. The van der Waals surface area contributed by atoms with Crippen LogP contribution in [0.2, 0.25) is 0 Å². The van der Waals surface area contributed by atoms with Crippen molar-refractivity contribution in [2.75, 3.05) is 6.54 Å². The first kappa shape index (κ1) is 7.25. The van der Waals surface area contributed by atoms with Crippen molar-refractivity contribution in [2.45, 2.75) is 0 Å². The Labute approximate surface area is 77.6 Å². The molecule has 0 radical (unpaired) electrons.